The van der Waals surface area contributed by atoms with Crippen LogP contribution in [0, 0.1) is 0 Å². The Labute approximate surface area is 132 Å². The van der Waals surface area contributed by atoms with Crippen LogP contribution in [0.25, 0.3) is 16.8 Å². The van der Waals surface area contributed by atoms with E-state index in [0.29, 0.717) is 12.4 Å². The van der Waals surface area contributed by atoms with Crippen LogP contribution in [0.3, 0.4) is 0 Å². The van der Waals surface area contributed by atoms with Crippen LogP contribution in [0.15, 0.2) is 48.5 Å². The number of hydrogen-bond donors (Lipinski definition) is 0. The Morgan fingerprint density at radius 2 is 1.65 bits per heavy atom. The van der Waals surface area contributed by atoms with E-state index in [9.17, 15) is 0 Å². The summed E-state index contributed by atoms with van der Waals surface area (Å²) in [4.78, 5) is 4.56. The monoisotopic (exact) mass is 308 g/mol. The maximum absolute atomic E-state index is 5.74. The number of imidazole rings is 1. The van der Waals surface area contributed by atoms with Gasteiger partial charge in [0.2, 0.25) is 5.78 Å². The van der Waals surface area contributed by atoms with Crippen molar-refractivity contribution in [1.82, 2.24) is 19.2 Å². The predicted molar refractivity (Wildman–Crippen MR) is 86.8 cm³/mol. The van der Waals surface area contributed by atoms with Gasteiger partial charge in [-0.3, -0.25) is 0 Å². The second-order valence-corrected chi connectivity index (χ2v) is 5.25. The van der Waals surface area contributed by atoms with Crippen LogP contribution >= 0.6 is 0 Å². The van der Waals surface area contributed by atoms with Gasteiger partial charge in [0, 0.05) is 7.05 Å². The van der Waals surface area contributed by atoms with Crippen LogP contribution < -0.4 is 9.47 Å². The van der Waals surface area contributed by atoms with E-state index in [1.54, 1.807) is 7.11 Å². The van der Waals surface area contributed by atoms with Crippen molar-refractivity contribution >= 4 is 16.8 Å². The number of methoxy groups -OCH3 is 1. The van der Waals surface area contributed by atoms with E-state index in [1.165, 1.54) is 0 Å². The van der Waals surface area contributed by atoms with Gasteiger partial charge in [0.1, 0.15) is 18.1 Å². The van der Waals surface area contributed by atoms with Crippen molar-refractivity contribution in [2.24, 2.45) is 7.05 Å². The number of fused-ring (bicyclic) bond motifs is 3. The summed E-state index contributed by atoms with van der Waals surface area (Å²) < 4.78 is 14.7. The van der Waals surface area contributed by atoms with Gasteiger partial charge in [0.05, 0.1) is 18.1 Å². The highest BCUT2D eigenvalue weighted by Crippen LogP contribution is 2.20. The Morgan fingerprint density at radius 3 is 2.39 bits per heavy atom. The predicted octanol–water partition coefficient (Wildman–Crippen LogP) is 2.81. The molecule has 23 heavy (non-hydrogen) atoms. The third-order valence-corrected chi connectivity index (χ3v) is 3.83. The normalized spacial score (nSPS) is 11.2. The zero-order chi connectivity index (χ0) is 15.8. The molecule has 0 spiro atoms. The van der Waals surface area contributed by atoms with Gasteiger partial charge in [-0.1, -0.05) is 12.1 Å². The third-order valence-electron chi connectivity index (χ3n) is 3.83. The van der Waals surface area contributed by atoms with Crippen LogP contribution in [-0.4, -0.2) is 26.3 Å². The standard InChI is InChI=1S/C17H16N4O2/c1-20-14-5-3-4-6-15(14)21-17(20)18-16(19-21)11-23-13-9-7-12(22-2)8-10-13/h3-10H,11H2,1-2H3. The van der Waals surface area contributed by atoms with Gasteiger partial charge in [-0.2, -0.15) is 9.50 Å². The number of rotatable bonds is 4. The summed E-state index contributed by atoms with van der Waals surface area (Å²) >= 11 is 0. The lowest BCUT2D eigenvalue weighted by molar-refractivity contribution is 0.295. The largest absolute Gasteiger partial charge is 0.497 e. The molecule has 0 atom stereocenters. The molecule has 6 nitrogen and oxygen atoms in total. The third kappa shape index (κ3) is 2.28. The number of benzene rings is 2. The van der Waals surface area contributed by atoms with E-state index in [-0.39, 0.29) is 0 Å². The van der Waals surface area contributed by atoms with Crippen LogP contribution in [0.1, 0.15) is 5.82 Å². The molecule has 0 unspecified atom stereocenters. The highest BCUT2D eigenvalue weighted by Gasteiger charge is 2.12. The molecule has 0 aliphatic rings. The molecule has 0 radical (unpaired) electrons. The Hall–Kier alpha value is -3.02. The van der Waals surface area contributed by atoms with Crippen LogP contribution in [0.2, 0.25) is 0 Å². The van der Waals surface area contributed by atoms with Crippen molar-refractivity contribution in [3.63, 3.8) is 0 Å². The number of ether oxygens (including phenoxy) is 2. The van der Waals surface area contributed by atoms with E-state index in [1.807, 2.05) is 58.6 Å². The first-order valence-corrected chi connectivity index (χ1v) is 7.32. The molecule has 0 aliphatic heterocycles. The first-order chi connectivity index (χ1) is 11.3. The van der Waals surface area contributed by atoms with Crippen LogP contribution in [0.5, 0.6) is 11.5 Å². The maximum Gasteiger partial charge on any atom is 0.233 e. The lowest BCUT2D eigenvalue weighted by Gasteiger charge is -2.04. The average Bonchev–Trinajstić information content (AvgIpc) is 3.13. The van der Waals surface area contributed by atoms with E-state index in [4.69, 9.17) is 9.47 Å². The average molecular weight is 308 g/mol. The van der Waals surface area contributed by atoms with E-state index in [0.717, 1.165) is 28.3 Å². The molecular formula is C17H16N4O2. The molecule has 0 N–H and O–H groups in total. The highest BCUT2D eigenvalue weighted by atomic mass is 16.5. The lowest BCUT2D eigenvalue weighted by Crippen LogP contribution is -1.99. The quantitative estimate of drug-likeness (QED) is 0.582. The molecule has 0 bridgehead atoms. The molecule has 4 aromatic rings. The Morgan fingerprint density at radius 1 is 0.957 bits per heavy atom. The summed E-state index contributed by atoms with van der Waals surface area (Å²) in [5, 5.41) is 4.55. The van der Waals surface area contributed by atoms with Gasteiger partial charge in [-0.05, 0) is 36.4 Å². The first-order valence-electron chi connectivity index (χ1n) is 7.32. The topological polar surface area (TPSA) is 53.6 Å². The van der Waals surface area contributed by atoms with E-state index < -0.39 is 0 Å². The van der Waals surface area contributed by atoms with Crippen LogP contribution in [-0.2, 0) is 13.7 Å². The molecule has 0 saturated carbocycles. The van der Waals surface area contributed by atoms with Crippen molar-refractivity contribution in [2.75, 3.05) is 7.11 Å². The van der Waals surface area contributed by atoms with Crippen molar-refractivity contribution in [3.05, 3.63) is 54.4 Å². The fourth-order valence-electron chi connectivity index (χ4n) is 2.64. The van der Waals surface area contributed by atoms with Crippen molar-refractivity contribution in [3.8, 4) is 11.5 Å². The molecule has 4 rings (SSSR count). The fourth-order valence-corrected chi connectivity index (χ4v) is 2.64. The molecule has 0 saturated heterocycles. The molecule has 0 amide bonds. The molecule has 0 aliphatic carbocycles. The van der Waals surface area contributed by atoms with Gasteiger partial charge < -0.3 is 14.0 Å². The minimum absolute atomic E-state index is 0.322. The number of nitrogens with zero attached hydrogens (tertiary/aromatic N) is 4. The van der Waals surface area contributed by atoms with Gasteiger partial charge >= 0.3 is 0 Å². The summed E-state index contributed by atoms with van der Waals surface area (Å²) in [7, 11) is 3.63. The van der Waals surface area contributed by atoms with Crippen LogP contribution in [0.4, 0.5) is 0 Å². The number of aromatic nitrogens is 4. The van der Waals surface area contributed by atoms with Gasteiger partial charge in [-0.25, -0.2) is 0 Å². The smallest absolute Gasteiger partial charge is 0.233 e. The molecule has 2 aromatic carbocycles. The minimum Gasteiger partial charge on any atom is -0.497 e. The molecule has 6 heteroatoms. The first kappa shape index (κ1) is 13.6. The summed E-state index contributed by atoms with van der Waals surface area (Å²) in [6.07, 6.45) is 0. The summed E-state index contributed by atoms with van der Waals surface area (Å²) in [6.45, 7) is 0.322. The Bertz CT molecular complexity index is 970. The lowest BCUT2D eigenvalue weighted by atomic mass is 10.3. The zero-order valence-corrected chi connectivity index (χ0v) is 12.9. The van der Waals surface area contributed by atoms with E-state index >= 15 is 0 Å². The van der Waals surface area contributed by atoms with Crippen molar-refractivity contribution < 1.29 is 9.47 Å². The Kier molecular flexibility index (Phi) is 3.15. The fraction of sp³-hybridized carbons (Fsp3) is 0.176. The number of para-hydroxylation sites is 2. The Balaban J connectivity index is 1.60. The second kappa shape index (κ2) is 5.31. The molecule has 2 heterocycles. The van der Waals surface area contributed by atoms with Gasteiger partial charge in [0.25, 0.3) is 0 Å². The van der Waals surface area contributed by atoms with E-state index in [2.05, 4.69) is 16.1 Å². The summed E-state index contributed by atoms with van der Waals surface area (Å²) in [5.74, 6) is 3.01. The highest BCUT2D eigenvalue weighted by molar-refractivity contribution is 5.80. The SMILES string of the molecule is COc1ccc(OCc2nc3n(C)c4ccccc4n3n2)cc1. The second-order valence-electron chi connectivity index (χ2n) is 5.25. The number of aryl methyl sites for hydroxylation is 1. The van der Waals surface area contributed by atoms with Gasteiger partial charge in [0.15, 0.2) is 5.82 Å². The van der Waals surface area contributed by atoms with Crippen molar-refractivity contribution in [1.29, 1.82) is 0 Å². The van der Waals surface area contributed by atoms with Gasteiger partial charge in [-0.15, -0.1) is 5.10 Å². The maximum atomic E-state index is 5.74. The minimum atomic E-state index is 0.322. The summed E-state index contributed by atoms with van der Waals surface area (Å²) in [6, 6.07) is 15.5. The molecule has 2 aromatic heterocycles. The number of hydrogen-bond acceptors (Lipinski definition) is 4. The zero-order valence-electron chi connectivity index (χ0n) is 12.9. The summed E-state index contributed by atoms with van der Waals surface area (Å²) in [5.41, 5.74) is 2.14. The molecule has 116 valence electrons. The molecular weight excluding hydrogens is 292 g/mol. The molecule has 0 fully saturated rings. The van der Waals surface area contributed by atoms with Crippen molar-refractivity contribution in [2.45, 2.75) is 6.61 Å².